The first-order valence-electron chi connectivity index (χ1n) is 4.30. The summed E-state index contributed by atoms with van der Waals surface area (Å²) in [6.45, 7) is 0. The molecule has 0 aromatic heterocycles. The molecule has 0 rings (SSSR count). The largest absolute Gasteiger partial charge is 0.481 e. The van der Waals surface area contributed by atoms with Gasteiger partial charge in [0.2, 0.25) is 0 Å². The van der Waals surface area contributed by atoms with Crippen LogP contribution < -0.4 is 0 Å². The van der Waals surface area contributed by atoms with E-state index in [1.54, 1.807) is 0 Å². The summed E-state index contributed by atoms with van der Waals surface area (Å²) >= 11 is 11.0. The molecule has 0 fully saturated rings. The van der Waals surface area contributed by atoms with Gasteiger partial charge in [-0.3, -0.25) is 4.79 Å². The summed E-state index contributed by atoms with van der Waals surface area (Å²) in [7, 11) is 0. The number of carboxylic acid groups (broad SMARTS) is 2. The Morgan fingerprint density at radius 1 is 1.00 bits per heavy atom. The number of alkyl halides is 2. The van der Waals surface area contributed by atoms with E-state index in [-0.39, 0.29) is 17.3 Å². The van der Waals surface area contributed by atoms with Crippen LogP contribution in [0.4, 0.5) is 0 Å². The Kier molecular flexibility index (Phi) is 7.17. The summed E-state index contributed by atoms with van der Waals surface area (Å²) in [6.07, 6.45) is 0.199. The van der Waals surface area contributed by atoms with Gasteiger partial charge in [0.05, 0.1) is 6.42 Å². The molecule has 0 atom stereocenters. The van der Waals surface area contributed by atoms with E-state index in [0.717, 1.165) is 0 Å². The van der Waals surface area contributed by atoms with Gasteiger partial charge >= 0.3 is 11.9 Å². The van der Waals surface area contributed by atoms with Crippen LogP contribution in [0.25, 0.3) is 0 Å². The lowest BCUT2D eigenvalue weighted by atomic mass is 10.0. The summed E-state index contributed by atoms with van der Waals surface area (Å²) in [5.41, 5.74) is 0.402. The van der Waals surface area contributed by atoms with Crippen molar-refractivity contribution in [3.63, 3.8) is 0 Å². The molecule has 0 bridgehead atoms. The second-order valence-electron chi connectivity index (χ2n) is 2.84. The van der Waals surface area contributed by atoms with Gasteiger partial charge in [-0.1, -0.05) is 5.57 Å². The van der Waals surface area contributed by atoms with E-state index in [0.29, 0.717) is 18.4 Å². The molecule has 0 saturated heterocycles. The first-order valence-corrected chi connectivity index (χ1v) is 5.37. The lowest BCUT2D eigenvalue weighted by Gasteiger charge is -2.08. The number of hydrogen-bond donors (Lipinski definition) is 2. The van der Waals surface area contributed by atoms with Gasteiger partial charge < -0.3 is 10.2 Å². The highest BCUT2D eigenvalue weighted by Crippen LogP contribution is 2.18. The minimum absolute atomic E-state index is 0.108. The van der Waals surface area contributed by atoms with Crippen molar-refractivity contribution in [1.29, 1.82) is 0 Å². The summed E-state index contributed by atoms with van der Waals surface area (Å²) in [4.78, 5) is 21.3. The van der Waals surface area contributed by atoms with Crippen LogP contribution in [0.15, 0.2) is 11.1 Å². The highest BCUT2D eigenvalue weighted by Gasteiger charge is 2.16. The van der Waals surface area contributed by atoms with Crippen LogP contribution >= 0.6 is 23.2 Å². The Morgan fingerprint density at radius 2 is 1.47 bits per heavy atom. The summed E-state index contributed by atoms with van der Waals surface area (Å²) < 4.78 is 0. The van der Waals surface area contributed by atoms with Gasteiger partial charge in [0, 0.05) is 17.3 Å². The lowest BCUT2D eigenvalue weighted by Crippen LogP contribution is -2.10. The fourth-order valence-electron chi connectivity index (χ4n) is 1.16. The molecule has 0 aliphatic carbocycles. The third-order valence-corrected chi connectivity index (χ3v) is 2.18. The van der Waals surface area contributed by atoms with Gasteiger partial charge in [0.25, 0.3) is 0 Å². The molecule has 0 aromatic rings. The molecule has 86 valence electrons. The molecule has 2 N–H and O–H groups in total. The van der Waals surface area contributed by atoms with Gasteiger partial charge in [0.15, 0.2) is 0 Å². The molecule has 15 heavy (non-hydrogen) atoms. The van der Waals surface area contributed by atoms with Gasteiger partial charge in [-0.15, -0.1) is 23.2 Å². The lowest BCUT2D eigenvalue weighted by molar-refractivity contribution is -0.139. The molecular formula is C9H12Cl2O4. The topological polar surface area (TPSA) is 74.6 Å². The Balaban J connectivity index is 4.94. The van der Waals surface area contributed by atoms with Crippen molar-refractivity contribution in [1.82, 2.24) is 0 Å². The Bertz CT molecular complexity index is 265. The Hall–Kier alpha value is -0.740. The Morgan fingerprint density at radius 3 is 1.73 bits per heavy atom. The molecule has 4 nitrogen and oxygen atoms in total. The quantitative estimate of drug-likeness (QED) is 0.539. The predicted octanol–water partition coefficient (Wildman–Crippen LogP) is 2.10. The highest BCUT2D eigenvalue weighted by molar-refractivity contribution is 6.18. The second-order valence-corrected chi connectivity index (χ2v) is 3.59. The number of halogens is 2. The number of carbonyl (C=O) groups is 2. The normalized spacial score (nSPS) is 9.73. The number of aliphatic carboxylic acids is 2. The van der Waals surface area contributed by atoms with Gasteiger partial charge in [-0.05, 0) is 12.8 Å². The molecule has 0 aromatic carbocycles. The molecule has 0 amide bonds. The van der Waals surface area contributed by atoms with Crippen LogP contribution in [-0.2, 0) is 9.59 Å². The zero-order valence-electron chi connectivity index (χ0n) is 8.00. The summed E-state index contributed by atoms with van der Waals surface area (Å²) in [5, 5.41) is 17.4. The standard InChI is InChI=1S/C9H12Cl2O4/c10-3-1-6(2-4-11)7(9(14)15)5-8(12)13/h1-5H2,(H,12,13)(H,14,15). The van der Waals surface area contributed by atoms with Crippen LogP contribution in [0.2, 0.25) is 0 Å². The van der Waals surface area contributed by atoms with E-state index < -0.39 is 18.4 Å². The molecule has 0 spiro atoms. The van der Waals surface area contributed by atoms with Crippen molar-refractivity contribution in [3.05, 3.63) is 11.1 Å². The SMILES string of the molecule is O=C(O)CC(C(=O)O)=C(CCCl)CCCl. The Labute approximate surface area is 97.5 Å². The molecule has 0 saturated carbocycles. The monoisotopic (exact) mass is 254 g/mol. The maximum Gasteiger partial charge on any atom is 0.332 e. The van der Waals surface area contributed by atoms with E-state index >= 15 is 0 Å². The van der Waals surface area contributed by atoms with Crippen LogP contribution in [0, 0.1) is 0 Å². The fraction of sp³-hybridized carbons (Fsp3) is 0.556. The predicted molar refractivity (Wildman–Crippen MR) is 57.6 cm³/mol. The zero-order chi connectivity index (χ0) is 11.8. The van der Waals surface area contributed by atoms with E-state index in [1.165, 1.54) is 0 Å². The molecule has 0 aliphatic heterocycles. The van der Waals surface area contributed by atoms with Crippen LogP contribution in [-0.4, -0.2) is 33.9 Å². The number of rotatable bonds is 7. The third-order valence-electron chi connectivity index (χ3n) is 1.81. The minimum atomic E-state index is -1.22. The van der Waals surface area contributed by atoms with Crippen molar-refractivity contribution in [2.75, 3.05) is 11.8 Å². The highest BCUT2D eigenvalue weighted by atomic mass is 35.5. The summed E-state index contributed by atoms with van der Waals surface area (Å²) in [5.74, 6) is -1.89. The maximum atomic E-state index is 10.8. The molecule has 6 heteroatoms. The molecule has 0 unspecified atom stereocenters. The van der Waals surface area contributed by atoms with Gasteiger partial charge in [0.1, 0.15) is 0 Å². The smallest absolute Gasteiger partial charge is 0.332 e. The second kappa shape index (κ2) is 7.54. The van der Waals surface area contributed by atoms with E-state index in [1.807, 2.05) is 0 Å². The van der Waals surface area contributed by atoms with Crippen LogP contribution in [0.3, 0.4) is 0 Å². The van der Waals surface area contributed by atoms with Crippen molar-refractivity contribution < 1.29 is 19.8 Å². The fourth-order valence-corrected chi connectivity index (χ4v) is 1.61. The number of carboxylic acids is 2. The molecule has 0 aliphatic rings. The average molecular weight is 255 g/mol. The maximum absolute atomic E-state index is 10.8. The molecular weight excluding hydrogens is 243 g/mol. The first-order chi connectivity index (χ1) is 7.02. The summed E-state index contributed by atoms with van der Waals surface area (Å²) in [6, 6.07) is 0. The van der Waals surface area contributed by atoms with Crippen molar-refractivity contribution in [2.24, 2.45) is 0 Å². The third kappa shape index (κ3) is 5.64. The zero-order valence-corrected chi connectivity index (χ0v) is 9.51. The molecule has 0 heterocycles. The first kappa shape index (κ1) is 14.3. The van der Waals surface area contributed by atoms with Crippen molar-refractivity contribution >= 4 is 35.1 Å². The number of hydrogen-bond acceptors (Lipinski definition) is 2. The van der Waals surface area contributed by atoms with Gasteiger partial charge in [-0.2, -0.15) is 0 Å². The van der Waals surface area contributed by atoms with Crippen molar-refractivity contribution in [2.45, 2.75) is 19.3 Å². The van der Waals surface area contributed by atoms with Crippen molar-refractivity contribution in [3.8, 4) is 0 Å². The minimum Gasteiger partial charge on any atom is -0.481 e. The number of allylic oxidation sites excluding steroid dienone is 1. The molecule has 0 radical (unpaired) electrons. The van der Waals surface area contributed by atoms with E-state index in [9.17, 15) is 9.59 Å². The van der Waals surface area contributed by atoms with Crippen LogP contribution in [0.1, 0.15) is 19.3 Å². The van der Waals surface area contributed by atoms with E-state index in [4.69, 9.17) is 33.4 Å². The average Bonchev–Trinajstić information content (AvgIpc) is 2.13. The van der Waals surface area contributed by atoms with E-state index in [2.05, 4.69) is 0 Å². The van der Waals surface area contributed by atoms with Gasteiger partial charge in [-0.25, -0.2) is 4.79 Å². The van der Waals surface area contributed by atoms with Crippen LogP contribution in [0.5, 0.6) is 0 Å².